The number of methoxy groups -OCH3 is 1. The van der Waals surface area contributed by atoms with E-state index in [9.17, 15) is 33.9 Å². The van der Waals surface area contributed by atoms with E-state index in [1.807, 2.05) is 0 Å². The van der Waals surface area contributed by atoms with Crippen molar-refractivity contribution in [3.8, 4) is 0 Å². The summed E-state index contributed by atoms with van der Waals surface area (Å²) >= 11 is 6.55. The van der Waals surface area contributed by atoms with Crippen molar-refractivity contribution < 1.29 is 81.2 Å². The molecule has 10 bridgehead atoms. The molecule has 2 N–H and O–H groups in total. The number of likely N-dealkylation sites (tertiary alicyclic amines) is 1. The largest absolute Gasteiger partial charge is 0.428 e. The molecule has 10 fully saturated rings. The van der Waals surface area contributed by atoms with Gasteiger partial charge in [0.1, 0.15) is 30.2 Å². The number of nitrogens with zero attached hydrogens (tertiary/aromatic N) is 1. The number of imide groups is 1. The molecule has 9 saturated heterocycles. The predicted octanol–water partition coefficient (Wildman–Crippen LogP) is 5.18. The number of thiol groups is 1. The Labute approximate surface area is 457 Å². The van der Waals surface area contributed by atoms with Gasteiger partial charge in [-0.15, -0.1) is 0 Å². The molecule has 1 spiro atoms. The van der Waals surface area contributed by atoms with Gasteiger partial charge in [-0.05, 0) is 93.6 Å². The molecule has 21 heteroatoms. The summed E-state index contributed by atoms with van der Waals surface area (Å²) in [5.41, 5.74) is 2.00. The lowest BCUT2D eigenvalue weighted by Crippen LogP contribution is -2.63. The zero-order valence-corrected chi connectivity index (χ0v) is 46.1. The van der Waals surface area contributed by atoms with Crippen molar-refractivity contribution in [3.63, 3.8) is 0 Å². The molecule has 9 heterocycles. The van der Waals surface area contributed by atoms with Crippen LogP contribution in [0.15, 0.2) is 24.3 Å². The first-order chi connectivity index (χ1) is 35.9. The van der Waals surface area contributed by atoms with E-state index in [4.69, 9.17) is 47.4 Å². The lowest BCUT2D eigenvalue weighted by Gasteiger charge is -2.49. The number of Topliss-reactive ketones (excluding diaryl/α,β-unsaturated/α-hetero) is 2. The lowest BCUT2D eigenvalue weighted by atomic mass is 9.81. The van der Waals surface area contributed by atoms with Crippen LogP contribution >= 0.6 is 35.2 Å². The number of ketones is 2. The maximum absolute atomic E-state index is 14.4. The van der Waals surface area contributed by atoms with E-state index in [-0.39, 0.29) is 114 Å². The van der Waals surface area contributed by atoms with Crippen molar-refractivity contribution in [1.29, 1.82) is 0 Å². The predicted molar refractivity (Wildman–Crippen MR) is 276 cm³/mol. The van der Waals surface area contributed by atoms with E-state index < -0.39 is 84.5 Å². The third-order valence-electron chi connectivity index (χ3n) is 18.0. The van der Waals surface area contributed by atoms with Crippen molar-refractivity contribution in [2.75, 3.05) is 27.0 Å². The maximum atomic E-state index is 14.4. The van der Waals surface area contributed by atoms with Gasteiger partial charge < -0.3 is 57.8 Å². The summed E-state index contributed by atoms with van der Waals surface area (Å²) in [6.07, 6.45) is 1.95. The molecule has 2 unspecified atom stereocenters. The molecular formula is C54H75IN2O17S. The van der Waals surface area contributed by atoms with Crippen LogP contribution in [0.3, 0.4) is 0 Å². The van der Waals surface area contributed by atoms with Gasteiger partial charge in [-0.1, -0.05) is 42.7 Å². The van der Waals surface area contributed by atoms with E-state index in [0.717, 1.165) is 36.8 Å². The van der Waals surface area contributed by atoms with E-state index in [0.29, 0.717) is 70.8 Å². The zero-order chi connectivity index (χ0) is 52.9. The van der Waals surface area contributed by atoms with Gasteiger partial charge >= 0.3 is 12.1 Å². The number of hydrogen-bond donors (Lipinski definition) is 3. The van der Waals surface area contributed by atoms with E-state index in [2.05, 4.69) is 60.6 Å². The summed E-state index contributed by atoms with van der Waals surface area (Å²) in [6, 6.07) is 0. The van der Waals surface area contributed by atoms with Gasteiger partial charge in [-0.25, -0.2) is 4.79 Å². The number of alkyl carbamates (subject to hydrolysis) is 1. The number of rotatable bonds is 10. The Morgan fingerprint density at radius 2 is 1.56 bits per heavy atom. The fourth-order valence-corrected chi connectivity index (χ4v) is 15.3. The van der Waals surface area contributed by atoms with Crippen molar-refractivity contribution in [1.82, 2.24) is 10.2 Å². The van der Waals surface area contributed by atoms with Gasteiger partial charge in [0.15, 0.2) is 11.6 Å². The summed E-state index contributed by atoms with van der Waals surface area (Å²) in [6.45, 7) is 10.3. The molecule has 10 rings (SSSR count). The highest BCUT2D eigenvalue weighted by Crippen LogP contribution is 2.51. The molecule has 0 aromatic carbocycles. The van der Waals surface area contributed by atoms with Gasteiger partial charge in [-0.3, -0.25) is 28.9 Å². The zero-order valence-electron chi connectivity index (χ0n) is 43.1. The highest BCUT2D eigenvalue weighted by molar-refractivity contribution is 14.1. The number of esters is 1. The Hall–Kier alpha value is -2.58. The maximum Gasteiger partial charge on any atom is 0.410 e. The summed E-state index contributed by atoms with van der Waals surface area (Å²) in [5.74, 6) is -3.06. The highest BCUT2D eigenvalue weighted by atomic mass is 127. The number of alkyl halides is 1. The van der Waals surface area contributed by atoms with Gasteiger partial charge in [0.05, 0.1) is 82.7 Å². The standard InChI is InChI=1S/C54H75IN2O17S/c1-26-15-33-9-11-38-27(2)16-35(68-38)13-14-54-22-37(60)47(73-54)49-45(55)50(74-54)48-39(72-49)12-10-34(70-48)17-31(58)18-36-41(20-40(69-33)28(26)3)71-42(46(36)65-4)19-32(59)23-56-53(64)67-25-66-52(63)30-7-5-29(6-8-30)24-57-44(61)21-43(75)51(57)62/h26,29-30,33-43,45-50,60,75H,2-3,5-25H2,1,4H3,(H,56,64)/t26-,29?,30?,33+,34-,35+,36+,37-,38+,39+,40-,41+,42-,43?,45-,46-,47+,48+,49?,50-,54+/m1/s1. The highest BCUT2D eigenvalue weighted by Gasteiger charge is 2.63. The van der Waals surface area contributed by atoms with E-state index in [1.54, 1.807) is 7.11 Å². The van der Waals surface area contributed by atoms with Gasteiger partial charge in [-0.2, -0.15) is 12.6 Å². The number of aliphatic hydroxyl groups is 1. The second-order valence-corrected chi connectivity index (χ2v) is 25.1. The first-order valence-electron chi connectivity index (χ1n) is 27.4. The van der Waals surface area contributed by atoms with Crippen LogP contribution in [0.4, 0.5) is 4.79 Å². The lowest BCUT2D eigenvalue weighted by molar-refractivity contribution is -0.274. The fraction of sp³-hybridized carbons (Fsp3) is 0.815. The Kier molecular flexibility index (Phi) is 17.6. The van der Waals surface area contributed by atoms with Crippen LogP contribution in [0, 0.1) is 23.7 Å². The van der Waals surface area contributed by atoms with E-state index >= 15 is 0 Å². The van der Waals surface area contributed by atoms with Crippen LogP contribution in [-0.2, 0) is 71.3 Å². The number of fused-ring (bicyclic) bond motifs is 9. The molecule has 9 aliphatic heterocycles. The SMILES string of the molecule is C=C1C[C@@H]2CC[C@]34C[C@@H](O)[C@H](O3)C3O[C@H]5CC[C@H](CC(=O)C[C@@H]6[C@@H](OC)[C@@H](CC(=O)CNC(=O)OCOC(=O)C7CCC(CN8C(=O)CC(S)C8=O)CC7)O[C@H]6C[C@H]6O[C@@H](CC[C@@H]1O2)C[C@@H](C)C6=C)O[C@@H]5[C@H](O4)[C@@H]3I. The normalized spacial score (nSPS) is 44.2. The quantitative estimate of drug-likeness (QED) is 0.0487. The fourth-order valence-electron chi connectivity index (χ4n) is 13.9. The molecule has 1 aliphatic carbocycles. The molecule has 0 aromatic rings. The van der Waals surface area contributed by atoms with Crippen LogP contribution in [0.25, 0.3) is 0 Å². The van der Waals surface area contributed by atoms with Crippen LogP contribution in [0.1, 0.15) is 122 Å². The van der Waals surface area contributed by atoms with Crippen LogP contribution in [-0.4, -0.2) is 173 Å². The third kappa shape index (κ3) is 12.3. The van der Waals surface area contributed by atoms with Gasteiger partial charge in [0, 0.05) is 64.5 Å². The number of halogens is 1. The van der Waals surface area contributed by atoms with Crippen molar-refractivity contribution in [2.45, 2.75) is 223 Å². The van der Waals surface area contributed by atoms with Crippen molar-refractivity contribution in [3.05, 3.63) is 24.3 Å². The minimum absolute atomic E-state index is 0.0270. The summed E-state index contributed by atoms with van der Waals surface area (Å²) < 4.78 is 63.8. The topological polar surface area (TPSA) is 230 Å². The van der Waals surface area contributed by atoms with Gasteiger partial charge in [0.2, 0.25) is 18.6 Å². The number of hydrogen-bond acceptors (Lipinski definition) is 18. The number of nitrogens with one attached hydrogen (secondary N) is 1. The Bertz CT molecular complexity index is 2200. The van der Waals surface area contributed by atoms with Crippen molar-refractivity contribution >= 4 is 70.7 Å². The molecular weight excluding hydrogens is 1110 g/mol. The molecule has 10 aliphatic rings. The molecule has 19 nitrogen and oxygen atoms in total. The molecule has 3 amide bonds. The number of ether oxygens (including phenoxy) is 10. The summed E-state index contributed by atoms with van der Waals surface area (Å²) in [7, 11) is 1.55. The molecule has 0 radical (unpaired) electrons. The van der Waals surface area contributed by atoms with Gasteiger partial charge in [0.25, 0.3) is 0 Å². The smallest absolute Gasteiger partial charge is 0.410 e. The third-order valence-corrected chi connectivity index (χ3v) is 19.8. The monoisotopic (exact) mass is 1180 g/mol. The first kappa shape index (κ1) is 55.7. The first-order valence-corrected chi connectivity index (χ1v) is 29.2. The van der Waals surface area contributed by atoms with Crippen LogP contribution < -0.4 is 5.32 Å². The molecule has 75 heavy (non-hydrogen) atoms. The molecule has 0 aromatic heterocycles. The molecule has 1 saturated carbocycles. The minimum atomic E-state index is -1.04. The Morgan fingerprint density at radius 1 is 0.813 bits per heavy atom. The van der Waals surface area contributed by atoms with Crippen LogP contribution in [0.2, 0.25) is 0 Å². The molecule has 416 valence electrons. The number of aliphatic hydroxyl groups excluding tert-OH is 1. The van der Waals surface area contributed by atoms with Crippen LogP contribution in [0.5, 0.6) is 0 Å². The summed E-state index contributed by atoms with van der Waals surface area (Å²) in [4.78, 5) is 79.3. The number of carbonyl (C=O) groups is 6. The minimum Gasteiger partial charge on any atom is -0.428 e. The van der Waals surface area contributed by atoms with Crippen molar-refractivity contribution in [2.24, 2.45) is 23.7 Å². The number of amides is 3. The second-order valence-electron chi connectivity index (χ2n) is 23.1. The average molecular weight is 1180 g/mol. The Morgan fingerprint density at radius 3 is 2.32 bits per heavy atom. The van der Waals surface area contributed by atoms with E-state index in [1.165, 1.54) is 4.90 Å². The summed E-state index contributed by atoms with van der Waals surface area (Å²) in [5, 5.41) is 13.2. The number of carbonyl (C=O) groups excluding carboxylic acids is 6. The molecule has 19 atom stereocenters. The average Bonchev–Trinajstić information content (AvgIpc) is 4.11. The Balaban J connectivity index is 0.767. The second kappa shape index (κ2) is 23.6.